The van der Waals surface area contributed by atoms with E-state index in [1.165, 1.54) is 32.1 Å². The Morgan fingerprint density at radius 2 is 1.94 bits per heavy atom. The normalized spacial score (nSPS) is 25.8. The number of amides is 1. The summed E-state index contributed by atoms with van der Waals surface area (Å²) in [5, 5.41) is 0. The molecule has 0 aromatic rings. The molecule has 0 aromatic heterocycles. The summed E-state index contributed by atoms with van der Waals surface area (Å²) >= 11 is 0. The molecule has 3 heteroatoms. The Morgan fingerprint density at radius 3 is 2.44 bits per heavy atom. The fourth-order valence-corrected chi connectivity index (χ4v) is 2.81. The molecule has 0 aromatic carbocycles. The van der Waals surface area contributed by atoms with Crippen molar-refractivity contribution in [3.8, 4) is 0 Å². The molecule has 2 N–H and O–H groups in total. The van der Waals surface area contributed by atoms with Crippen molar-refractivity contribution in [1.29, 1.82) is 0 Å². The van der Waals surface area contributed by atoms with Gasteiger partial charge in [0, 0.05) is 19.5 Å². The van der Waals surface area contributed by atoms with Gasteiger partial charge in [0.25, 0.3) is 0 Å². The lowest BCUT2D eigenvalue weighted by molar-refractivity contribution is -0.133. The first kappa shape index (κ1) is 15.5. The summed E-state index contributed by atoms with van der Waals surface area (Å²) < 4.78 is 0. The van der Waals surface area contributed by atoms with Crippen molar-refractivity contribution in [2.75, 3.05) is 13.6 Å². The third kappa shape index (κ3) is 4.60. The van der Waals surface area contributed by atoms with Gasteiger partial charge in [0.2, 0.25) is 5.91 Å². The highest BCUT2D eigenvalue weighted by molar-refractivity contribution is 5.76. The van der Waals surface area contributed by atoms with Gasteiger partial charge in [-0.25, -0.2) is 0 Å². The van der Waals surface area contributed by atoms with E-state index in [0.717, 1.165) is 12.3 Å². The number of nitrogens with two attached hydrogens (primary N) is 1. The SMILES string of the molecule is CCC1CCC(N(C)C(=O)CCC(C)CN)CC1. The highest BCUT2D eigenvalue weighted by Gasteiger charge is 2.25. The number of carbonyl (C=O) groups is 1. The molecule has 0 heterocycles. The topological polar surface area (TPSA) is 46.3 Å². The van der Waals surface area contributed by atoms with Crippen molar-refractivity contribution in [2.45, 2.75) is 64.8 Å². The zero-order valence-electron chi connectivity index (χ0n) is 12.3. The smallest absolute Gasteiger partial charge is 0.222 e. The largest absolute Gasteiger partial charge is 0.343 e. The maximum absolute atomic E-state index is 12.1. The van der Waals surface area contributed by atoms with Crippen LogP contribution in [0, 0.1) is 11.8 Å². The minimum atomic E-state index is 0.301. The van der Waals surface area contributed by atoms with Gasteiger partial charge in [-0.2, -0.15) is 0 Å². The third-order valence-corrected chi connectivity index (χ3v) is 4.59. The molecule has 106 valence electrons. The molecule has 18 heavy (non-hydrogen) atoms. The van der Waals surface area contributed by atoms with Crippen molar-refractivity contribution in [3.63, 3.8) is 0 Å². The first-order valence-corrected chi connectivity index (χ1v) is 7.54. The van der Waals surface area contributed by atoms with Crippen molar-refractivity contribution in [1.82, 2.24) is 4.90 Å². The summed E-state index contributed by atoms with van der Waals surface area (Å²) in [7, 11) is 1.98. The molecule has 0 saturated heterocycles. The number of hydrogen-bond donors (Lipinski definition) is 1. The van der Waals surface area contributed by atoms with Gasteiger partial charge in [-0.1, -0.05) is 20.3 Å². The van der Waals surface area contributed by atoms with E-state index in [2.05, 4.69) is 13.8 Å². The van der Waals surface area contributed by atoms with E-state index in [4.69, 9.17) is 5.73 Å². The van der Waals surface area contributed by atoms with Gasteiger partial charge in [0.05, 0.1) is 0 Å². The second kappa shape index (κ2) is 7.78. The van der Waals surface area contributed by atoms with Crippen LogP contribution >= 0.6 is 0 Å². The second-order valence-electron chi connectivity index (χ2n) is 5.97. The summed E-state index contributed by atoms with van der Waals surface area (Å²) in [6.07, 6.45) is 7.82. The van der Waals surface area contributed by atoms with E-state index in [1.54, 1.807) is 0 Å². The molecule has 1 rings (SSSR count). The molecule has 1 aliphatic rings. The minimum absolute atomic E-state index is 0.301. The van der Waals surface area contributed by atoms with Crippen molar-refractivity contribution in [2.24, 2.45) is 17.6 Å². The summed E-state index contributed by atoms with van der Waals surface area (Å²) in [6, 6.07) is 0.480. The van der Waals surface area contributed by atoms with E-state index in [-0.39, 0.29) is 0 Å². The zero-order valence-corrected chi connectivity index (χ0v) is 12.3. The van der Waals surface area contributed by atoms with E-state index in [9.17, 15) is 4.79 Å². The Bertz CT molecular complexity index is 247. The molecule has 1 unspecified atom stereocenters. The Balaban J connectivity index is 2.31. The van der Waals surface area contributed by atoms with E-state index >= 15 is 0 Å². The third-order valence-electron chi connectivity index (χ3n) is 4.59. The molecule has 1 fully saturated rings. The maximum atomic E-state index is 12.1. The van der Waals surface area contributed by atoms with Gasteiger partial charge in [-0.3, -0.25) is 4.79 Å². The number of nitrogens with zero attached hydrogens (tertiary/aromatic N) is 1. The molecule has 0 radical (unpaired) electrons. The van der Waals surface area contributed by atoms with Crippen LogP contribution in [0.1, 0.15) is 58.8 Å². The molecule has 1 saturated carbocycles. The van der Waals surface area contributed by atoms with Crippen molar-refractivity contribution in [3.05, 3.63) is 0 Å². The van der Waals surface area contributed by atoms with E-state index in [0.29, 0.717) is 30.8 Å². The monoisotopic (exact) mass is 254 g/mol. The van der Waals surface area contributed by atoms with E-state index < -0.39 is 0 Å². The number of carbonyl (C=O) groups excluding carboxylic acids is 1. The Morgan fingerprint density at radius 1 is 1.33 bits per heavy atom. The quantitative estimate of drug-likeness (QED) is 0.792. The molecule has 0 bridgehead atoms. The van der Waals surface area contributed by atoms with Crippen LogP contribution in [0.15, 0.2) is 0 Å². The maximum Gasteiger partial charge on any atom is 0.222 e. The molecule has 0 aliphatic heterocycles. The fraction of sp³-hybridized carbons (Fsp3) is 0.933. The first-order chi connectivity index (χ1) is 8.58. The highest BCUT2D eigenvalue weighted by Crippen LogP contribution is 2.29. The van der Waals surface area contributed by atoms with Crippen molar-refractivity contribution < 1.29 is 4.79 Å². The molecule has 3 nitrogen and oxygen atoms in total. The van der Waals surface area contributed by atoms with Crippen LogP contribution in [-0.4, -0.2) is 30.4 Å². The predicted octanol–water partition coefficient (Wildman–Crippen LogP) is 2.79. The fourth-order valence-electron chi connectivity index (χ4n) is 2.81. The average Bonchev–Trinajstić information content (AvgIpc) is 2.43. The standard InChI is InChI=1S/C15H30N2O/c1-4-13-6-8-14(9-7-13)17(3)15(18)10-5-12(2)11-16/h12-14H,4-11,16H2,1-3H3. The zero-order chi connectivity index (χ0) is 13.5. The van der Waals surface area contributed by atoms with Crippen LogP contribution in [0.3, 0.4) is 0 Å². The minimum Gasteiger partial charge on any atom is -0.343 e. The molecule has 1 atom stereocenters. The highest BCUT2D eigenvalue weighted by atomic mass is 16.2. The molecule has 1 aliphatic carbocycles. The van der Waals surface area contributed by atoms with Crippen LogP contribution in [0.4, 0.5) is 0 Å². The van der Waals surface area contributed by atoms with Crippen LogP contribution in [-0.2, 0) is 4.79 Å². The van der Waals surface area contributed by atoms with Gasteiger partial charge in [0.1, 0.15) is 0 Å². The molecule has 0 spiro atoms. The van der Waals surface area contributed by atoms with E-state index in [1.807, 2.05) is 11.9 Å². The van der Waals surface area contributed by atoms with Gasteiger partial charge in [-0.15, -0.1) is 0 Å². The van der Waals surface area contributed by atoms with Gasteiger partial charge in [0.15, 0.2) is 0 Å². The second-order valence-corrected chi connectivity index (χ2v) is 5.97. The summed E-state index contributed by atoms with van der Waals surface area (Å²) in [4.78, 5) is 14.1. The number of hydrogen-bond acceptors (Lipinski definition) is 2. The van der Waals surface area contributed by atoms with Crippen molar-refractivity contribution >= 4 is 5.91 Å². The molecular weight excluding hydrogens is 224 g/mol. The van der Waals surface area contributed by atoms with Crippen LogP contribution in [0.2, 0.25) is 0 Å². The lowest BCUT2D eigenvalue weighted by Crippen LogP contribution is -2.39. The Hall–Kier alpha value is -0.570. The van der Waals surface area contributed by atoms with Gasteiger partial charge < -0.3 is 10.6 Å². The predicted molar refractivity (Wildman–Crippen MR) is 76.3 cm³/mol. The lowest BCUT2D eigenvalue weighted by atomic mass is 9.84. The van der Waals surface area contributed by atoms with Crippen LogP contribution in [0.5, 0.6) is 0 Å². The Kier molecular flexibility index (Phi) is 6.69. The van der Waals surface area contributed by atoms with Crippen LogP contribution in [0.25, 0.3) is 0 Å². The first-order valence-electron chi connectivity index (χ1n) is 7.54. The summed E-state index contributed by atoms with van der Waals surface area (Å²) in [5.74, 6) is 1.65. The molecule has 1 amide bonds. The Labute approximate surface area is 112 Å². The summed E-state index contributed by atoms with van der Waals surface area (Å²) in [6.45, 7) is 5.06. The lowest BCUT2D eigenvalue weighted by Gasteiger charge is -2.34. The average molecular weight is 254 g/mol. The van der Waals surface area contributed by atoms with Gasteiger partial charge >= 0.3 is 0 Å². The molecular formula is C15H30N2O. The summed E-state index contributed by atoms with van der Waals surface area (Å²) in [5.41, 5.74) is 5.58. The van der Waals surface area contributed by atoms with Crippen LogP contribution < -0.4 is 5.73 Å². The van der Waals surface area contributed by atoms with Gasteiger partial charge in [-0.05, 0) is 50.5 Å². The number of rotatable bonds is 6.